The number of aliphatic hydroxyl groups excluding tert-OH is 2. The molecule has 0 amide bonds. The largest absolute Gasteiger partial charge is 0.393 e. The van der Waals surface area contributed by atoms with Gasteiger partial charge >= 0.3 is 0 Å². The van der Waals surface area contributed by atoms with E-state index >= 15 is 0 Å². The predicted octanol–water partition coefficient (Wildman–Crippen LogP) is -2.29. The lowest BCUT2D eigenvalue weighted by Crippen LogP contribution is -2.52. The van der Waals surface area contributed by atoms with Crippen molar-refractivity contribution < 1.29 is 19.7 Å². The summed E-state index contributed by atoms with van der Waals surface area (Å²) in [6, 6.07) is -0.0188. The Kier molecular flexibility index (Phi) is 1.91. The van der Waals surface area contributed by atoms with Gasteiger partial charge in [-0.1, -0.05) is 0 Å². The minimum Gasteiger partial charge on any atom is -0.393 e. The molecule has 2 N–H and O–H groups in total. The second-order valence-electron chi connectivity index (χ2n) is 3.67. The molecule has 0 spiro atoms. The number of fused-ring (bicyclic) bond motifs is 2. The van der Waals surface area contributed by atoms with Crippen molar-refractivity contribution in [3.63, 3.8) is 0 Å². The second-order valence-corrected chi connectivity index (χ2v) is 3.67. The third-order valence-electron chi connectivity index (χ3n) is 2.89. The monoisotopic (exact) mass is 172 g/mol. The van der Waals surface area contributed by atoms with Crippen molar-refractivity contribution in [2.75, 3.05) is 19.8 Å². The molecule has 0 saturated carbocycles. The summed E-state index contributed by atoms with van der Waals surface area (Å²) < 4.78 is 10.8. The van der Waals surface area contributed by atoms with E-state index in [0.717, 1.165) is 0 Å². The summed E-state index contributed by atoms with van der Waals surface area (Å²) >= 11 is 0. The number of hydrogen-bond donors (Lipinski definition) is 2. The SMILES string of the molecule is B[C@@H]1OC2(CO)COCC1[C@H]2O. The molecular weight excluding hydrogens is 159 g/mol. The number of aliphatic hydroxyl groups is 2. The highest BCUT2D eigenvalue weighted by molar-refractivity contribution is 6.11. The van der Waals surface area contributed by atoms with Crippen LogP contribution < -0.4 is 0 Å². The van der Waals surface area contributed by atoms with E-state index in [-0.39, 0.29) is 18.5 Å². The average Bonchev–Trinajstić information content (AvgIpc) is 2.23. The first-order chi connectivity index (χ1) is 5.69. The zero-order valence-electron chi connectivity index (χ0n) is 7.06. The highest BCUT2D eigenvalue weighted by Gasteiger charge is 2.55. The van der Waals surface area contributed by atoms with Crippen LogP contribution >= 0.6 is 0 Å². The summed E-state index contributed by atoms with van der Waals surface area (Å²) in [5.74, 6) is 0.0194. The Morgan fingerprint density at radius 1 is 1.58 bits per heavy atom. The zero-order valence-corrected chi connectivity index (χ0v) is 7.06. The normalized spacial score (nSPS) is 52.7. The third kappa shape index (κ3) is 0.940. The van der Waals surface area contributed by atoms with Crippen molar-refractivity contribution >= 4 is 7.85 Å². The fraction of sp³-hybridized carbons (Fsp3) is 1.00. The van der Waals surface area contributed by atoms with Crippen LogP contribution in [0.25, 0.3) is 0 Å². The van der Waals surface area contributed by atoms with Gasteiger partial charge in [0.1, 0.15) is 13.4 Å². The third-order valence-corrected chi connectivity index (χ3v) is 2.89. The van der Waals surface area contributed by atoms with Gasteiger partial charge in [0.15, 0.2) is 0 Å². The molecule has 0 aromatic heterocycles. The smallest absolute Gasteiger partial charge is 0.140 e. The van der Waals surface area contributed by atoms with E-state index in [1.165, 1.54) is 0 Å². The van der Waals surface area contributed by atoms with Crippen LogP contribution in [0.15, 0.2) is 0 Å². The van der Waals surface area contributed by atoms with Crippen molar-refractivity contribution in [3.8, 4) is 0 Å². The first-order valence-corrected chi connectivity index (χ1v) is 4.24. The molecule has 2 heterocycles. The Balaban J connectivity index is 2.24. The maximum absolute atomic E-state index is 9.76. The molecule has 2 unspecified atom stereocenters. The molecule has 0 aliphatic carbocycles. The van der Waals surface area contributed by atoms with Crippen LogP contribution in [0.4, 0.5) is 0 Å². The number of ether oxygens (including phenoxy) is 2. The van der Waals surface area contributed by atoms with Crippen LogP contribution in [0, 0.1) is 5.92 Å². The van der Waals surface area contributed by atoms with E-state index in [4.69, 9.17) is 14.6 Å². The zero-order chi connectivity index (χ0) is 8.77. The molecule has 2 aliphatic rings. The van der Waals surface area contributed by atoms with Crippen molar-refractivity contribution in [2.24, 2.45) is 5.92 Å². The van der Waals surface area contributed by atoms with Crippen LogP contribution in [-0.2, 0) is 9.47 Å². The molecule has 12 heavy (non-hydrogen) atoms. The molecule has 5 heteroatoms. The molecule has 0 radical (unpaired) electrons. The second kappa shape index (κ2) is 2.70. The minimum absolute atomic E-state index is 0.0188. The Labute approximate surface area is 71.9 Å². The van der Waals surface area contributed by atoms with Gasteiger partial charge in [0.2, 0.25) is 0 Å². The summed E-state index contributed by atoms with van der Waals surface area (Å²) in [5.41, 5.74) is -0.845. The molecule has 0 aromatic carbocycles. The van der Waals surface area contributed by atoms with Gasteiger partial charge in [0.05, 0.1) is 25.9 Å². The van der Waals surface area contributed by atoms with Gasteiger partial charge in [-0.05, 0) is 0 Å². The van der Waals surface area contributed by atoms with Crippen LogP contribution in [0.2, 0.25) is 0 Å². The maximum atomic E-state index is 9.76. The lowest BCUT2D eigenvalue weighted by Gasteiger charge is -2.34. The van der Waals surface area contributed by atoms with E-state index in [9.17, 15) is 5.11 Å². The van der Waals surface area contributed by atoms with Crippen LogP contribution in [0.5, 0.6) is 0 Å². The van der Waals surface area contributed by atoms with Crippen LogP contribution in [-0.4, -0.2) is 55.6 Å². The summed E-state index contributed by atoms with van der Waals surface area (Å²) in [5, 5.41) is 18.9. The number of rotatable bonds is 1. The lowest BCUT2D eigenvalue weighted by molar-refractivity contribution is -0.153. The fourth-order valence-electron chi connectivity index (χ4n) is 2.06. The van der Waals surface area contributed by atoms with Crippen molar-refractivity contribution in [1.29, 1.82) is 0 Å². The summed E-state index contributed by atoms with van der Waals surface area (Å²) in [6.45, 7) is 0.657. The van der Waals surface area contributed by atoms with E-state index in [0.29, 0.717) is 13.2 Å². The van der Waals surface area contributed by atoms with Crippen LogP contribution in [0.1, 0.15) is 0 Å². The van der Waals surface area contributed by atoms with Gasteiger partial charge in [0, 0.05) is 11.9 Å². The summed E-state index contributed by atoms with van der Waals surface area (Å²) in [4.78, 5) is 0. The molecule has 2 bridgehead atoms. The van der Waals surface area contributed by atoms with Gasteiger partial charge < -0.3 is 19.7 Å². The van der Waals surface area contributed by atoms with Crippen molar-refractivity contribution in [1.82, 2.24) is 0 Å². The van der Waals surface area contributed by atoms with Gasteiger partial charge in [-0.25, -0.2) is 0 Å². The Hall–Kier alpha value is -0.0951. The van der Waals surface area contributed by atoms with Crippen molar-refractivity contribution in [3.05, 3.63) is 0 Å². The van der Waals surface area contributed by atoms with E-state index in [2.05, 4.69) is 0 Å². The molecule has 4 atom stereocenters. The van der Waals surface area contributed by atoms with Gasteiger partial charge in [-0.3, -0.25) is 0 Å². The summed E-state index contributed by atoms with van der Waals surface area (Å²) in [7, 11) is 1.90. The Morgan fingerprint density at radius 3 is 2.92 bits per heavy atom. The first kappa shape index (κ1) is 8.50. The molecule has 2 fully saturated rings. The van der Waals surface area contributed by atoms with Crippen molar-refractivity contribution in [2.45, 2.75) is 17.7 Å². The highest BCUT2D eigenvalue weighted by Crippen LogP contribution is 2.38. The van der Waals surface area contributed by atoms with E-state index < -0.39 is 11.7 Å². The molecule has 2 rings (SSSR count). The van der Waals surface area contributed by atoms with Gasteiger partial charge in [-0.2, -0.15) is 0 Å². The Bertz CT molecular complexity index is 188. The molecular formula is C7H13BO4. The molecule has 0 aromatic rings. The van der Waals surface area contributed by atoms with E-state index in [1.54, 1.807) is 0 Å². The standard InChI is InChI=1S/C7H13BO4/c8-6-4-1-11-3-7(2-9,12-6)5(4)10/h4-6,9-10H,1-3,8H2/t4?,5-,6-,7?/m1/s1. The first-order valence-electron chi connectivity index (χ1n) is 4.24. The molecule has 4 nitrogen and oxygen atoms in total. The molecule has 68 valence electrons. The highest BCUT2D eigenvalue weighted by atomic mass is 16.6. The Morgan fingerprint density at radius 2 is 2.33 bits per heavy atom. The van der Waals surface area contributed by atoms with Gasteiger partial charge in [0.25, 0.3) is 0 Å². The quantitative estimate of drug-likeness (QED) is 0.437. The molecule has 2 saturated heterocycles. The molecule has 2 aliphatic heterocycles. The lowest BCUT2D eigenvalue weighted by atomic mass is 9.81. The predicted molar refractivity (Wildman–Crippen MR) is 43.5 cm³/mol. The van der Waals surface area contributed by atoms with E-state index in [1.807, 2.05) is 7.85 Å². The average molecular weight is 172 g/mol. The minimum atomic E-state index is -0.845. The maximum Gasteiger partial charge on any atom is 0.140 e. The van der Waals surface area contributed by atoms with Crippen LogP contribution in [0.3, 0.4) is 0 Å². The summed E-state index contributed by atoms with van der Waals surface area (Å²) in [6.07, 6.45) is -0.578. The number of hydrogen-bond acceptors (Lipinski definition) is 4. The van der Waals surface area contributed by atoms with Gasteiger partial charge in [-0.15, -0.1) is 0 Å². The fourth-order valence-corrected chi connectivity index (χ4v) is 2.06. The topological polar surface area (TPSA) is 58.9 Å².